The molecule has 0 aromatic carbocycles. The van der Waals surface area contributed by atoms with Crippen LogP contribution in [0.3, 0.4) is 0 Å². The van der Waals surface area contributed by atoms with Crippen LogP contribution in [0.15, 0.2) is 12.4 Å². The molecular weight excluding hydrogens is 264 g/mol. The number of hydrogen-bond donors (Lipinski definition) is 4. The minimum atomic E-state index is -0.457. The van der Waals surface area contributed by atoms with E-state index < -0.39 is 12.5 Å². The van der Waals surface area contributed by atoms with Gasteiger partial charge in [0.05, 0.1) is 0 Å². The lowest BCUT2D eigenvalue weighted by atomic mass is 10.2. The first-order valence-electron chi connectivity index (χ1n) is 6.25. The summed E-state index contributed by atoms with van der Waals surface area (Å²) in [5.41, 5.74) is 12.8. The molecule has 2 aliphatic heterocycles. The zero-order valence-electron chi connectivity index (χ0n) is 10.5. The Morgan fingerprint density at radius 3 is 1.75 bits per heavy atom. The van der Waals surface area contributed by atoms with E-state index in [0.717, 1.165) is 11.4 Å². The molecule has 8 nitrogen and oxygen atoms in total. The summed E-state index contributed by atoms with van der Waals surface area (Å²) in [6.07, 6.45) is 2.49. The Kier molecular flexibility index (Phi) is 2.35. The molecule has 0 spiro atoms. The quantitative estimate of drug-likeness (QED) is 0.588. The van der Waals surface area contributed by atoms with Crippen molar-refractivity contribution in [2.75, 3.05) is 13.2 Å². The van der Waals surface area contributed by atoms with Crippen LogP contribution in [0.2, 0.25) is 0 Å². The number of ether oxygens (including phenoxy) is 4. The molecule has 2 unspecified atom stereocenters. The molecule has 2 aromatic rings. The van der Waals surface area contributed by atoms with Crippen molar-refractivity contribution in [3.05, 3.63) is 12.4 Å². The summed E-state index contributed by atoms with van der Waals surface area (Å²) in [5, 5.41) is 0. The summed E-state index contributed by atoms with van der Waals surface area (Å²) >= 11 is 0. The van der Waals surface area contributed by atoms with Crippen molar-refractivity contribution in [1.29, 1.82) is 0 Å². The summed E-state index contributed by atoms with van der Waals surface area (Å²) in [6.45, 7) is 0.589. The van der Waals surface area contributed by atoms with Gasteiger partial charge in [-0.25, -0.2) is 0 Å². The van der Waals surface area contributed by atoms with Crippen LogP contribution >= 0.6 is 0 Å². The summed E-state index contributed by atoms with van der Waals surface area (Å²) in [5.74, 6) is 2.37. The molecule has 4 heterocycles. The molecule has 20 heavy (non-hydrogen) atoms. The molecular formula is C12H14N4O4. The third kappa shape index (κ3) is 1.62. The predicted molar refractivity (Wildman–Crippen MR) is 68.8 cm³/mol. The predicted octanol–water partition coefficient (Wildman–Crippen LogP) is 0.122. The molecule has 2 aliphatic rings. The average molecular weight is 278 g/mol. The van der Waals surface area contributed by atoms with Gasteiger partial charge in [0.1, 0.15) is 24.6 Å². The number of rotatable bonds is 1. The van der Waals surface area contributed by atoms with Gasteiger partial charge in [-0.15, -0.1) is 0 Å². The van der Waals surface area contributed by atoms with Crippen LogP contribution < -0.4 is 30.4 Å². The zero-order chi connectivity index (χ0) is 13.7. The number of nitrogens with two attached hydrogens (primary N) is 2. The molecule has 8 heteroatoms. The molecule has 2 atom stereocenters. The molecule has 106 valence electrons. The zero-order valence-corrected chi connectivity index (χ0v) is 10.5. The van der Waals surface area contributed by atoms with Gasteiger partial charge in [0.25, 0.3) is 0 Å². The van der Waals surface area contributed by atoms with Gasteiger partial charge in [-0.3, -0.25) is 11.5 Å². The van der Waals surface area contributed by atoms with Crippen molar-refractivity contribution in [3.63, 3.8) is 0 Å². The van der Waals surface area contributed by atoms with Crippen molar-refractivity contribution >= 4 is 0 Å². The maximum absolute atomic E-state index is 5.68. The lowest BCUT2D eigenvalue weighted by Gasteiger charge is -2.23. The van der Waals surface area contributed by atoms with Crippen LogP contribution in [-0.2, 0) is 0 Å². The average Bonchev–Trinajstić information content (AvgIpc) is 3.01. The van der Waals surface area contributed by atoms with E-state index in [1.54, 1.807) is 12.4 Å². The van der Waals surface area contributed by atoms with Crippen LogP contribution in [0.5, 0.6) is 23.0 Å². The molecule has 0 amide bonds. The Morgan fingerprint density at radius 1 is 0.850 bits per heavy atom. The second kappa shape index (κ2) is 4.09. The van der Waals surface area contributed by atoms with Crippen molar-refractivity contribution in [2.24, 2.45) is 11.5 Å². The third-order valence-electron chi connectivity index (χ3n) is 3.19. The van der Waals surface area contributed by atoms with Crippen LogP contribution in [0.4, 0.5) is 0 Å². The molecule has 0 bridgehead atoms. The fourth-order valence-corrected chi connectivity index (χ4v) is 2.34. The Morgan fingerprint density at radius 2 is 1.30 bits per heavy atom. The van der Waals surface area contributed by atoms with E-state index in [1.807, 2.05) is 0 Å². The van der Waals surface area contributed by atoms with E-state index in [2.05, 4.69) is 9.97 Å². The van der Waals surface area contributed by atoms with E-state index in [-0.39, 0.29) is 0 Å². The first kappa shape index (κ1) is 11.5. The second-order valence-corrected chi connectivity index (χ2v) is 4.65. The number of H-pyrrole nitrogens is 2. The number of hydrogen-bond acceptors (Lipinski definition) is 6. The van der Waals surface area contributed by atoms with Gasteiger partial charge in [-0.1, -0.05) is 0 Å². The van der Waals surface area contributed by atoms with E-state index in [0.29, 0.717) is 36.2 Å². The van der Waals surface area contributed by atoms with Gasteiger partial charge in [0.2, 0.25) is 0 Å². The van der Waals surface area contributed by atoms with Crippen LogP contribution in [-0.4, -0.2) is 35.6 Å². The van der Waals surface area contributed by atoms with E-state index in [9.17, 15) is 0 Å². The Bertz CT molecular complexity index is 594. The highest BCUT2D eigenvalue weighted by molar-refractivity contribution is 5.76. The fraction of sp³-hybridized carbons (Fsp3) is 0.333. The number of aromatic amines is 2. The molecule has 0 saturated heterocycles. The molecule has 6 N–H and O–H groups in total. The van der Waals surface area contributed by atoms with Crippen molar-refractivity contribution in [1.82, 2.24) is 9.97 Å². The molecule has 0 radical (unpaired) electrons. The first-order chi connectivity index (χ1) is 9.72. The number of nitrogens with one attached hydrogen (secondary N) is 2. The van der Waals surface area contributed by atoms with Crippen molar-refractivity contribution in [3.8, 4) is 34.4 Å². The monoisotopic (exact) mass is 278 g/mol. The number of aromatic nitrogens is 2. The summed E-state index contributed by atoms with van der Waals surface area (Å²) in [6, 6.07) is 0. The highest BCUT2D eigenvalue weighted by atomic mass is 16.6. The summed E-state index contributed by atoms with van der Waals surface area (Å²) in [7, 11) is 0. The van der Waals surface area contributed by atoms with Gasteiger partial charge in [0, 0.05) is 12.4 Å². The van der Waals surface area contributed by atoms with Gasteiger partial charge in [-0.2, -0.15) is 0 Å². The second-order valence-electron chi connectivity index (χ2n) is 4.65. The van der Waals surface area contributed by atoms with Crippen LogP contribution in [0.25, 0.3) is 11.4 Å². The van der Waals surface area contributed by atoms with E-state index >= 15 is 0 Å². The first-order valence-corrected chi connectivity index (χ1v) is 6.25. The van der Waals surface area contributed by atoms with Gasteiger partial charge in [0.15, 0.2) is 35.5 Å². The smallest absolute Gasteiger partial charge is 0.188 e. The largest absolute Gasteiger partial charge is 0.482 e. The lowest BCUT2D eigenvalue weighted by Crippen LogP contribution is -2.36. The minimum absolute atomic E-state index is 0.295. The maximum Gasteiger partial charge on any atom is 0.188 e. The van der Waals surface area contributed by atoms with Gasteiger partial charge >= 0.3 is 0 Å². The van der Waals surface area contributed by atoms with Crippen molar-refractivity contribution < 1.29 is 18.9 Å². The fourth-order valence-electron chi connectivity index (χ4n) is 2.34. The molecule has 4 rings (SSSR count). The standard InChI is InChI=1S/C12H14N4O4/c13-7-3-17-11-5(19-7)1-15-9(11)10-12-6(2-16-10)20-8(14)4-18-12/h1-2,7-8,15-16H,3-4,13-14H2. The number of fused-ring (bicyclic) bond motifs is 2. The maximum atomic E-state index is 5.68. The normalized spacial score (nSPS) is 23.7. The minimum Gasteiger partial charge on any atom is -0.482 e. The van der Waals surface area contributed by atoms with Gasteiger partial charge < -0.3 is 28.9 Å². The van der Waals surface area contributed by atoms with Gasteiger partial charge in [-0.05, 0) is 0 Å². The molecule has 0 aliphatic carbocycles. The SMILES string of the molecule is NC1COc2c(c[nH]c2-c2[nH]cc3c2OCC(N)O3)O1. The summed E-state index contributed by atoms with van der Waals surface area (Å²) in [4.78, 5) is 6.19. The molecule has 0 saturated carbocycles. The highest BCUT2D eigenvalue weighted by Crippen LogP contribution is 2.46. The Labute approximate surface area is 113 Å². The van der Waals surface area contributed by atoms with Crippen molar-refractivity contribution in [2.45, 2.75) is 12.5 Å². The molecule has 2 aromatic heterocycles. The van der Waals surface area contributed by atoms with E-state index in [1.165, 1.54) is 0 Å². The van der Waals surface area contributed by atoms with Crippen LogP contribution in [0.1, 0.15) is 0 Å². The Balaban J connectivity index is 1.76. The lowest BCUT2D eigenvalue weighted by molar-refractivity contribution is 0.0961. The summed E-state index contributed by atoms with van der Waals surface area (Å²) < 4.78 is 22.2. The Hall–Kier alpha value is -2.32. The highest BCUT2D eigenvalue weighted by Gasteiger charge is 2.29. The third-order valence-corrected chi connectivity index (χ3v) is 3.19. The van der Waals surface area contributed by atoms with Crippen LogP contribution in [0, 0.1) is 0 Å². The molecule has 0 fully saturated rings. The topological polar surface area (TPSA) is 121 Å². The van der Waals surface area contributed by atoms with E-state index in [4.69, 9.17) is 30.4 Å².